The second-order valence-electron chi connectivity index (χ2n) is 6.43. The van der Waals surface area contributed by atoms with Crippen LogP contribution in [0.4, 0.5) is 0 Å². The molecule has 1 aliphatic carbocycles. The zero-order valence-electron chi connectivity index (χ0n) is 11.8. The van der Waals surface area contributed by atoms with Crippen molar-refractivity contribution in [2.75, 3.05) is 13.1 Å². The standard InChI is InChI=1S/C17H26N2/c18-17-7-6-15-8-10-19(11-9-16(15)12-17)13-14-4-2-1-3-5-14/h1-5,15-17H,6-13,18H2. The summed E-state index contributed by atoms with van der Waals surface area (Å²) in [5.41, 5.74) is 7.59. The van der Waals surface area contributed by atoms with Crippen molar-refractivity contribution in [3.63, 3.8) is 0 Å². The lowest BCUT2D eigenvalue weighted by Crippen LogP contribution is -2.33. The normalized spacial score (nSPS) is 32.6. The third kappa shape index (κ3) is 3.37. The number of nitrogens with two attached hydrogens (primary N) is 1. The number of hydrogen-bond donors (Lipinski definition) is 1. The summed E-state index contributed by atoms with van der Waals surface area (Å²) in [7, 11) is 0. The minimum atomic E-state index is 0.474. The third-order valence-electron chi connectivity index (χ3n) is 5.06. The Morgan fingerprint density at radius 3 is 2.47 bits per heavy atom. The van der Waals surface area contributed by atoms with Crippen LogP contribution < -0.4 is 5.73 Å². The van der Waals surface area contributed by atoms with Crippen molar-refractivity contribution in [1.29, 1.82) is 0 Å². The fourth-order valence-electron chi connectivity index (χ4n) is 3.90. The van der Waals surface area contributed by atoms with E-state index in [9.17, 15) is 0 Å². The van der Waals surface area contributed by atoms with E-state index in [-0.39, 0.29) is 0 Å². The predicted octanol–water partition coefficient (Wildman–Crippen LogP) is 3.03. The lowest BCUT2D eigenvalue weighted by atomic mass is 9.75. The van der Waals surface area contributed by atoms with E-state index in [1.165, 1.54) is 50.8 Å². The Morgan fingerprint density at radius 1 is 0.947 bits per heavy atom. The lowest BCUT2D eigenvalue weighted by molar-refractivity contribution is 0.210. The summed E-state index contributed by atoms with van der Waals surface area (Å²) in [4.78, 5) is 2.64. The number of benzene rings is 1. The first-order chi connectivity index (χ1) is 9.31. The van der Waals surface area contributed by atoms with Gasteiger partial charge >= 0.3 is 0 Å². The van der Waals surface area contributed by atoms with Gasteiger partial charge in [0.05, 0.1) is 0 Å². The average molecular weight is 258 g/mol. The van der Waals surface area contributed by atoms with E-state index >= 15 is 0 Å². The molecule has 2 heteroatoms. The average Bonchev–Trinajstić information content (AvgIpc) is 2.63. The highest BCUT2D eigenvalue weighted by molar-refractivity contribution is 5.14. The molecule has 2 nitrogen and oxygen atoms in total. The molecule has 1 aromatic carbocycles. The van der Waals surface area contributed by atoms with Gasteiger partial charge in [-0.05, 0) is 62.6 Å². The minimum absolute atomic E-state index is 0.474. The molecule has 3 rings (SSSR count). The van der Waals surface area contributed by atoms with Crippen LogP contribution in [0, 0.1) is 11.8 Å². The SMILES string of the molecule is NC1CCC2CCN(Cc3ccccc3)CCC2C1. The van der Waals surface area contributed by atoms with E-state index in [1.807, 2.05) is 0 Å². The molecule has 0 aromatic heterocycles. The monoisotopic (exact) mass is 258 g/mol. The first-order valence-electron chi connectivity index (χ1n) is 7.83. The van der Waals surface area contributed by atoms with Crippen LogP contribution in [0.5, 0.6) is 0 Å². The van der Waals surface area contributed by atoms with E-state index in [1.54, 1.807) is 0 Å². The van der Waals surface area contributed by atoms with E-state index in [4.69, 9.17) is 5.73 Å². The molecule has 3 unspecified atom stereocenters. The van der Waals surface area contributed by atoms with Gasteiger partial charge in [0.2, 0.25) is 0 Å². The molecule has 2 aliphatic rings. The van der Waals surface area contributed by atoms with Crippen LogP contribution >= 0.6 is 0 Å². The molecule has 3 atom stereocenters. The minimum Gasteiger partial charge on any atom is -0.328 e. The van der Waals surface area contributed by atoms with Crippen LogP contribution in [0.25, 0.3) is 0 Å². The molecule has 0 radical (unpaired) electrons. The van der Waals surface area contributed by atoms with Crippen LogP contribution in [0.2, 0.25) is 0 Å². The van der Waals surface area contributed by atoms with Crippen molar-refractivity contribution in [2.45, 2.75) is 44.7 Å². The Hall–Kier alpha value is -0.860. The van der Waals surface area contributed by atoms with Crippen LogP contribution in [0.3, 0.4) is 0 Å². The largest absolute Gasteiger partial charge is 0.328 e. The Balaban J connectivity index is 1.58. The van der Waals surface area contributed by atoms with Crippen molar-refractivity contribution < 1.29 is 0 Å². The molecule has 1 aliphatic heterocycles. The zero-order valence-corrected chi connectivity index (χ0v) is 11.8. The smallest absolute Gasteiger partial charge is 0.0233 e. The Morgan fingerprint density at radius 2 is 1.68 bits per heavy atom. The van der Waals surface area contributed by atoms with E-state index in [2.05, 4.69) is 35.2 Å². The molecule has 2 fully saturated rings. The first kappa shape index (κ1) is 13.1. The highest BCUT2D eigenvalue weighted by atomic mass is 15.1. The second kappa shape index (κ2) is 6.06. The van der Waals surface area contributed by atoms with Gasteiger partial charge in [-0.2, -0.15) is 0 Å². The summed E-state index contributed by atoms with van der Waals surface area (Å²) in [6, 6.07) is 11.4. The molecule has 1 aromatic rings. The maximum Gasteiger partial charge on any atom is 0.0233 e. The Labute approximate surface area is 117 Å². The molecule has 0 spiro atoms. The van der Waals surface area contributed by atoms with Crippen LogP contribution in [-0.2, 0) is 6.54 Å². The van der Waals surface area contributed by atoms with Crippen molar-refractivity contribution in [2.24, 2.45) is 17.6 Å². The fraction of sp³-hybridized carbons (Fsp3) is 0.647. The Kier molecular flexibility index (Phi) is 4.19. The van der Waals surface area contributed by atoms with Gasteiger partial charge in [0.25, 0.3) is 0 Å². The van der Waals surface area contributed by atoms with E-state index < -0.39 is 0 Å². The maximum absolute atomic E-state index is 6.14. The first-order valence-corrected chi connectivity index (χ1v) is 7.83. The number of hydrogen-bond acceptors (Lipinski definition) is 2. The third-order valence-corrected chi connectivity index (χ3v) is 5.06. The van der Waals surface area contributed by atoms with E-state index in [0.717, 1.165) is 18.4 Å². The fourth-order valence-corrected chi connectivity index (χ4v) is 3.90. The quantitative estimate of drug-likeness (QED) is 0.883. The number of fused-ring (bicyclic) bond motifs is 1. The summed E-state index contributed by atoms with van der Waals surface area (Å²) in [6.07, 6.45) is 6.62. The van der Waals surface area contributed by atoms with Crippen LogP contribution in [0.1, 0.15) is 37.7 Å². The molecule has 19 heavy (non-hydrogen) atoms. The van der Waals surface area contributed by atoms with Gasteiger partial charge in [-0.25, -0.2) is 0 Å². The molecule has 0 bridgehead atoms. The number of likely N-dealkylation sites (tertiary alicyclic amines) is 1. The van der Waals surface area contributed by atoms with Gasteiger partial charge in [0, 0.05) is 12.6 Å². The maximum atomic E-state index is 6.14. The number of nitrogens with zero attached hydrogens (tertiary/aromatic N) is 1. The Bertz CT molecular complexity index is 390. The van der Waals surface area contributed by atoms with Crippen molar-refractivity contribution >= 4 is 0 Å². The molecular weight excluding hydrogens is 232 g/mol. The highest BCUT2D eigenvalue weighted by Gasteiger charge is 2.31. The molecule has 1 saturated carbocycles. The van der Waals surface area contributed by atoms with Crippen LogP contribution in [0.15, 0.2) is 30.3 Å². The molecule has 1 heterocycles. The van der Waals surface area contributed by atoms with Gasteiger partial charge in [-0.1, -0.05) is 30.3 Å². The summed E-state index contributed by atoms with van der Waals surface area (Å²) in [5.74, 6) is 1.84. The summed E-state index contributed by atoms with van der Waals surface area (Å²) < 4.78 is 0. The van der Waals surface area contributed by atoms with Crippen molar-refractivity contribution in [3.05, 3.63) is 35.9 Å². The molecule has 0 amide bonds. The molecular formula is C17H26N2. The highest BCUT2D eigenvalue weighted by Crippen LogP contribution is 2.36. The van der Waals surface area contributed by atoms with Gasteiger partial charge in [-0.3, -0.25) is 4.90 Å². The zero-order chi connectivity index (χ0) is 13.1. The number of rotatable bonds is 2. The lowest BCUT2D eigenvalue weighted by Gasteiger charge is -2.33. The topological polar surface area (TPSA) is 29.3 Å². The van der Waals surface area contributed by atoms with Crippen molar-refractivity contribution in [1.82, 2.24) is 4.90 Å². The van der Waals surface area contributed by atoms with Crippen molar-refractivity contribution in [3.8, 4) is 0 Å². The summed E-state index contributed by atoms with van der Waals surface area (Å²) >= 11 is 0. The van der Waals surface area contributed by atoms with Gasteiger partial charge in [0.15, 0.2) is 0 Å². The summed E-state index contributed by atoms with van der Waals surface area (Å²) in [6.45, 7) is 3.64. The summed E-state index contributed by atoms with van der Waals surface area (Å²) in [5, 5.41) is 0. The van der Waals surface area contributed by atoms with Gasteiger partial charge in [0.1, 0.15) is 0 Å². The van der Waals surface area contributed by atoms with Gasteiger partial charge in [-0.15, -0.1) is 0 Å². The van der Waals surface area contributed by atoms with E-state index in [0.29, 0.717) is 6.04 Å². The second-order valence-corrected chi connectivity index (χ2v) is 6.43. The predicted molar refractivity (Wildman–Crippen MR) is 79.8 cm³/mol. The molecule has 1 saturated heterocycles. The molecule has 104 valence electrons. The van der Waals surface area contributed by atoms with Gasteiger partial charge < -0.3 is 5.73 Å². The molecule has 2 N–H and O–H groups in total. The van der Waals surface area contributed by atoms with Crippen LogP contribution in [-0.4, -0.2) is 24.0 Å².